The number of fused-ring (bicyclic) bond motifs is 1. The minimum Gasteiger partial charge on any atom is -0.379 e. The normalized spacial score (nSPS) is 13.5. The zero-order valence-electron chi connectivity index (χ0n) is 12.3. The SMILES string of the molecule is CCCCCCNc1cc2c(cc1[N+](=O)[O-])CCC(=O)N2. The number of anilines is 2. The van der Waals surface area contributed by atoms with Crippen LogP contribution >= 0.6 is 0 Å². The molecule has 1 aliphatic rings. The van der Waals surface area contributed by atoms with Gasteiger partial charge in [-0.2, -0.15) is 0 Å². The van der Waals surface area contributed by atoms with Gasteiger partial charge in [0.25, 0.3) is 5.69 Å². The van der Waals surface area contributed by atoms with Gasteiger partial charge in [0.05, 0.1) is 4.92 Å². The fraction of sp³-hybridized carbons (Fsp3) is 0.533. The van der Waals surface area contributed by atoms with E-state index in [-0.39, 0.29) is 16.5 Å². The summed E-state index contributed by atoms with van der Waals surface area (Å²) in [5.74, 6) is -0.0368. The Morgan fingerprint density at radius 2 is 2.10 bits per heavy atom. The molecule has 0 aromatic heterocycles. The van der Waals surface area contributed by atoms with E-state index in [4.69, 9.17) is 0 Å². The Kier molecular flexibility index (Phi) is 5.14. The number of hydrogen-bond acceptors (Lipinski definition) is 4. The molecule has 6 nitrogen and oxygen atoms in total. The zero-order valence-corrected chi connectivity index (χ0v) is 12.3. The van der Waals surface area contributed by atoms with Crippen LogP contribution in [0.25, 0.3) is 0 Å². The summed E-state index contributed by atoms with van der Waals surface area (Å²) in [6.45, 7) is 2.85. The maximum absolute atomic E-state index is 11.4. The number of benzene rings is 1. The largest absolute Gasteiger partial charge is 0.379 e. The molecule has 1 heterocycles. The molecule has 0 saturated heterocycles. The highest BCUT2D eigenvalue weighted by Crippen LogP contribution is 2.34. The third kappa shape index (κ3) is 3.93. The number of amides is 1. The smallest absolute Gasteiger partial charge is 0.292 e. The molecule has 2 rings (SSSR count). The quantitative estimate of drug-likeness (QED) is 0.457. The van der Waals surface area contributed by atoms with E-state index in [9.17, 15) is 14.9 Å². The van der Waals surface area contributed by atoms with Gasteiger partial charge in [-0.15, -0.1) is 0 Å². The van der Waals surface area contributed by atoms with Crippen molar-refractivity contribution in [2.75, 3.05) is 17.2 Å². The van der Waals surface area contributed by atoms with Crippen molar-refractivity contribution in [2.24, 2.45) is 0 Å². The molecule has 1 amide bonds. The summed E-state index contributed by atoms with van der Waals surface area (Å²) in [7, 11) is 0. The first kappa shape index (κ1) is 15.3. The van der Waals surface area contributed by atoms with Crippen LogP contribution in [0.15, 0.2) is 12.1 Å². The second-order valence-corrected chi connectivity index (χ2v) is 5.32. The van der Waals surface area contributed by atoms with Crippen LogP contribution in [0.2, 0.25) is 0 Å². The lowest BCUT2D eigenvalue weighted by molar-refractivity contribution is -0.384. The molecule has 1 aromatic rings. The minimum atomic E-state index is -0.370. The fourth-order valence-corrected chi connectivity index (χ4v) is 2.48. The lowest BCUT2D eigenvalue weighted by atomic mass is 10.0. The molecule has 0 fully saturated rings. The highest BCUT2D eigenvalue weighted by Gasteiger charge is 2.22. The van der Waals surface area contributed by atoms with Crippen molar-refractivity contribution in [3.05, 3.63) is 27.8 Å². The molecule has 0 aliphatic carbocycles. The van der Waals surface area contributed by atoms with Crippen LogP contribution < -0.4 is 10.6 Å². The molecule has 0 unspecified atom stereocenters. The van der Waals surface area contributed by atoms with Crippen molar-refractivity contribution in [3.8, 4) is 0 Å². The molecular formula is C15H21N3O3. The topological polar surface area (TPSA) is 84.3 Å². The predicted molar refractivity (Wildman–Crippen MR) is 82.7 cm³/mol. The molecule has 0 bridgehead atoms. The van der Waals surface area contributed by atoms with Crippen molar-refractivity contribution in [2.45, 2.75) is 45.4 Å². The van der Waals surface area contributed by atoms with Gasteiger partial charge in [0.15, 0.2) is 0 Å². The summed E-state index contributed by atoms with van der Waals surface area (Å²) in [5.41, 5.74) is 2.09. The van der Waals surface area contributed by atoms with Crippen LogP contribution in [0.3, 0.4) is 0 Å². The number of nitrogens with zero attached hydrogens (tertiary/aromatic N) is 1. The minimum absolute atomic E-state index is 0.0368. The average molecular weight is 291 g/mol. The van der Waals surface area contributed by atoms with E-state index < -0.39 is 0 Å². The first-order valence-electron chi connectivity index (χ1n) is 7.47. The first-order valence-corrected chi connectivity index (χ1v) is 7.47. The first-order chi connectivity index (χ1) is 10.1. The third-order valence-electron chi connectivity index (χ3n) is 3.66. The number of nitro benzene ring substituents is 1. The Bertz CT molecular complexity index is 543. The maximum Gasteiger partial charge on any atom is 0.292 e. The van der Waals surface area contributed by atoms with Crippen LogP contribution in [-0.2, 0) is 11.2 Å². The van der Waals surface area contributed by atoms with Gasteiger partial charge in [-0.1, -0.05) is 26.2 Å². The second kappa shape index (κ2) is 7.06. The molecule has 1 aromatic carbocycles. The maximum atomic E-state index is 11.4. The number of aryl methyl sites for hydroxylation is 1. The lowest BCUT2D eigenvalue weighted by Gasteiger charge is -2.18. The van der Waals surface area contributed by atoms with Crippen LogP contribution in [0.5, 0.6) is 0 Å². The van der Waals surface area contributed by atoms with Gasteiger partial charge in [0.1, 0.15) is 5.69 Å². The summed E-state index contributed by atoms with van der Waals surface area (Å²) < 4.78 is 0. The molecule has 0 saturated carbocycles. The van der Waals surface area contributed by atoms with E-state index in [1.165, 1.54) is 6.42 Å². The van der Waals surface area contributed by atoms with Gasteiger partial charge in [0, 0.05) is 24.7 Å². The Labute approximate surface area is 124 Å². The third-order valence-corrected chi connectivity index (χ3v) is 3.66. The molecule has 0 spiro atoms. The number of unbranched alkanes of at least 4 members (excludes halogenated alkanes) is 3. The van der Waals surface area contributed by atoms with Gasteiger partial charge in [0.2, 0.25) is 5.91 Å². The molecule has 2 N–H and O–H groups in total. The van der Waals surface area contributed by atoms with E-state index >= 15 is 0 Å². The Morgan fingerprint density at radius 3 is 2.81 bits per heavy atom. The number of carbonyl (C=O) groups excluding carboxylic acids is 1. The van der Waals surface area contributed by atoms with Gasteiger partial charge in [-0.25, -0.2) is 0 Å². The zero-order chi connectivity index (χ0) is 15.2. The molecule has 114 valence electrons. The van der Waals surface area contributed by atoms with Crippen molar-refractivity contribution < 1.29 is 9.72 Å². The van der Waals surface area contributed by atoms with Gasteiger partial charge >= 0.3 is 0 Å². The van der Waals surface area contributed by atoms with Crippen molar-refractivity contribution in [3.63, 3.8) is 0 Å². The van der Waals surface area contributed by atoms with E-state index in [1.807, 2.05) is 0 Å². The molecule has 0 radical (unpaired) electrons. The van der Waals surface area contributed by atoms with Crippen LogP contribution in [0, 0.1) is 10.1 Å². The standard InChI is InChI=1S/C15H21N3O3/c1-2-3-4-5-8-16-13-10-12-11(6-7-15(19)17-12)9-14(13)18(20)21/h9-10,16H,2-8H2,1H3,(H,17,19). The molecule has 0 atom stereocenters. The highest BCUT2D eigenvalue weighted by molar-refractivity contribution is 5.95. The number of hydrogen-bond donors (Lipinski definition) is 2. The highest BCUT2D eigenvalue weighted by atomic mass is 16.6. The molecular weight excluding hydrogens is 270 g/mol. The van der Waals surface area contributed by atoms with Crippen molar-refractivity contribution >= 4 is 23.0 Å². The number of nitro groups is 1. The Morgan fingerprint density at radius 1 is 1.29 bits per heavy atom. The van der Waals surface area contributed by atoms with Crippen LogP contribution in [0.4, 0.5) is 17.1 Å². The number of carbonyl (C=O) groups is 1. The summed E-state index contributed by atoms with van der Waals surface area (Å²) in [6, 6.07) is 3.26. The number of rotatable bonds is 7. The molecule has 1 aliphatic heterocycles. The van der Waals surface area contributed by atoms with E-state index in [0.717, 1.165) is 24.8 Å². The molecule has 6 heteroatoms. The summed E-state index contributed by atoms with van der Waals surface area (Å²) >= 11 is 0. The lowest BCUT2D eigenvalue weighted by Crippen LogP contribution is -2.19. The van der Waals surface area contributed by atoms with Crippen molar-refractivity contribution in [1.29, 1.82) is 0 Å². The average Bonchev–Trinajstić information content (AvgIpc) is 2.46. The van der Waals surface area contributed by atoms with Crippen LogP contribution in [-0.4, -0.2) is 17.4 Å². The number of nitrogens with one attached hydrogen (secondary N) is 2. The summed E-state index contributed by atoms with van der Waals surface area (Å²) in [6.07, 6.45) is 5.36. The van der Waals surface area contributed by atoms with Crippen molar-refractivity contribution in [1.82, 2.24) is 0 Å². The van der Waals surface area contributed by atoms with Gasteiger partial charge in [-0.3, -0.25) is 14.9 Å². The van der Waals surface area contributed by atoms with Crippen LogP contribution in [0.1, 0.15) is 44.6 Å². The van der Waals surface area contributed by atoms with Gasteiger partial charge in [-0.05, 0) is 24.5 Å². The fourth-order valence-electron chi connectivity index (χ4n) is 2.48. The van der Waals surface area contributed by atoms with E-state index in [2.05, 4.69) is 17.6 Å². The predicted octanol–water partition coefficient (Wildman–Crippen LogP) is 3.47. The summed E-state index contributed by atoms with van der Waals surface area (Å²) in [5, 5.41) is 17.1. The van der Waals surface area contributed by atoms with E-state index in [1.54, 1.807) is 12.1 Å². The second-order valence-electron chi connectivity index (χ2n) is 5.32. The summed E-state index contributed by atoms with van der Waals surface area (Å²) in [4.78, 5) is 22.2. The Balaban J connectivity index is 2.12. The van der Waals surface area contributed by atoms with E-state index in [0.29, 0.717) is 30.8 Å². The Hall–Kier alpha value is -2.11. The monoisotopic (exact) mass is 291 g/mol. The van der Waals surface area contributed by atoms with Gasteiger partial charge < -0.3 is 10.6 Å². The molecule has 21 heavy (non-hydrogen) atoms.